The van der Waals surface area contributed by atoms with Crippen LogP contribution in [-0.4, -0.2) is 51.3 Å². The molecule has 6 nitrogen and oxygen atoms in total. The van der Waals surface area contributed by atoms with Crippen LogP contribution in [-0.2, 0) is 19.1 Å². The molecule has 0 aromatic heterocycles. The minimum Gasteiger partial charge on any atom is -0.382 e. The third kappa shape index (κ3) is 8.95. The Kier molecular flexibility index (Phi) is 9.22. The van der Waals surface area contributed by atoms with Crippen molar-refractivity contribution in [1.82, 2.24) is 10.6 Å². The molecule has 0 saturated heterocycles. The second kappa shape index (κ2) is 9.85. The molecule has 0 aromatic carbocycles. The van der Waals surface area contributed by atoms with Crippen LogP contribution in [0.2, 0.25) is 0 Å². The third-order valence-corrected chi connectivity index (χ3v) is 2.12. The van der Waals surface area contributed by atoms with Crippen LogP contribution in [0.4, 0.5) is 0 Å². The van der Waals surface area contributed by atoms with Gasteiger partial charge in [-0.2, -0.15) is 0 Å². The molecule has 106 valence electrons. The molecule has 0 aliphatic carbocycles. The van der Waals surface area contributed by atoms with Gasteiger partial charge in [0.05, 0.1) is 13.2 Å². The van der Waals surface area contributed by atoms with Crippen molar-refractivity contribution in [1.29, 1.82) is 0 Å². The van der Waals surface area contributed by atoms with E-state index in [2.05, 4.69) is 10.6 Å². The summed E-state index contributed by atoms with van der Waals surface area (Å²) in [7, 11) is 1.56. The average molecular weight is 260 g/mol. The zero-order valence-corrected chi connectivity index (χ0v) is 11.6. The highest BCUT2D eigenvalue weighted by Gasteiger charge is 2.15. The van der Waals surface area contributed by atoms with Gasteiger partial charge in [-0.25, -0.2) is 0 Å². The zero-order valence-electron chi connectivity index (χ0n) is 11.6. The summed E-state index contributed by atoms with van der Waals surface area (Å²) < 4.78 is 9.82. The van der Waals surface area contributed by atoms with Crippen LogP contribution >= 0.6 is 0 Å². The van der Waals surface area contributed by atoms with Gasteiger partial charge in [-0.3, -0.25) is 9.59 Å². The topological polar surface area (TPSA) is 76.7 Å². The quantitative estimate of drug-likeness (QED) is 0.569. The lowest BCUT2D eigenvalue weighted by Gasteiger charge is -2.15. The Hall–Kier alpha value is -1.14. The molecule has 18 heavy (non-hydrogen) atoms. The van der Waals surface area contributed by atoms with Gasteiger partial charge in [0.15, 0.2) is 0 Å². The summed E-state index contributed by atoms with van der Waals surface area (Å²) in [5.41, 5.74) is 0. The first-order valence-electron chi connectivity index (χ1n) is 6.11. The lowest BCUT2D eigenvalue weighted by Crippen LogP contribution is -2.46. The maximum atomic E-state index is 11.6. The Bertz CT molecular complexity index is 256. The molecule has 0 fully saturated rings. The van der Waals surface area contributed by atoms with Crippen LogP contribution in [0.5, 0.6) is 0 Å². The van der Waals surface area contributed by atoms with Crippen LogP contribution in [0.1, 0.15) is 20.8 Å². The smallest absolute Gasteiger partial charge is 0.246 e. The number of carbonyl (C=O) groups is 2. The van der Waals surface area contributed by atoms with Crippen molar-refractivity contribution in [2.24, 2.45) is 5.92 Å². The Morgan fingerprint density at radius 1 is 1.17 bits per heavy atom. The fraction of sp³-hybridized carbons (Fsp3) is 0.833. The highest BCUT2D eigenvalue weighted by molar-refractivity contribution is 5.87. The number of hydrogen-bond acceptors (Lipinski definition) is 4. The van der Waals surface area contributed by atoms with E-state index in [1.165, 1.54) is 0 Å². The van der Waals surface area contributed by atoms with E-state index >= 15 is 0 Å². The summed E-state index contributed by atoms with van der Waals surface area (Å²) in [6, 6.07) is -0.553. The van der Waals surface area contributed by atoms with E-state index in [1.807, 2.05) is 13.8 Å². The molecule has 0 radical (unpaired) electrons. The maximum absolute atomic E-state index is 11.6. The monoisotopic (exact) mass is 260 g/mol. The SMILES string of the molecule is COCCOCC(=O)NC(C)C(=O)NCC(C)C. The van der Waals surface area contributed by atoms with Crippen LogP contribution < -0.4 is 10.6 Å². The van der Waals surface area contributed by atoms with Gasteiger partial charge in [-0.1, -0.05) is 13.8 Å². The molecule has 0 aromatic rings. The number of rotatable bonds is 9. The minimum absolute atomic E-state index is 0.0643. The summed E-state index contributed by atoms with van der Waals surface area (Å²) in [5, 5.41) is 5.31. The summed E-state index contributed by atoms with van der Waals surface area (Å²) in [6.07, 6.45) is 0. The standard InChI is InChI=1S/C12H24N2O4/c1-9(2)7-13-12(16)10(3)14-11(15)8-18-6-5-17-4/h9-10H,5-8H2,1-4H3,(H,13,16)(H,14,15). The Labute approximate surface area is 108 Å². The minimum atomic E-state index is -0.553. The Balaban J connectivity index is 3.74. The molecule has 0 saturated carbocycles. The number of amides is 2. The molecule has 0 rings (SSSR count). The van der Waals surface area contributed by atoms with Crippen molar-refractivity contribution < 1.29 is 19.1 Å². The molecule has 1 atom stereocenters. The first-order valence-corrected chi connectivity index (χ1v) is 6.11. The van der Waals surface area contributed by atoms with Crippen LogP contribution in [0, 0.1) is 5.92 Å². The fourth-order valence-electron chi connectivity index (χ4n) is 1.11. The summed E-state index contributed by atoms with van der Waals surface area (Å²) >= 11 is 0. The van der Waals surface area contributed by atoms with Crippen LogP contribution in [0.3, 0.4) is 0 Å². The van der Waals surface area contributed by atoms with Gasteiger partial charge >= 0.3 is 0 Å². The van der Waals surface area contributed by atoms with E-state index in [-0.39, 0.29) is 18.4 Å². The molecule has 0 bridgehead atoms. The Morgan fingerprint density at radius 2 is 1.83 bits per heavy atom. The molecule has 2 amide bonds. The van der Waals surface area contributed by atoms with Crippen molar-refractivity contribution in [3.63, 3.8) is 0 Å². The fourth-order valence-corrected chi connectivity index (χ4v) is 1.11. The summed E-state index contributed by atoms with van der Waals surface area (Å²) in [4.78, 5) is 23.0. The average Bonchev–Trinajstić information content (AvgIpc) is 2.31. The van der Waals surface area contributed by atoms with E-state index in [4.69, 9.17) is 9.47 Å². The van der Waals surface area contributed by atoms with Crippen molar-refractivity contribution >= 4 is 11.8 Å². The van der Waals surface area contributed by atoms with E-state index in [9.17, 15) is 9.59 Å². The van der Waals surface area contributed by atoms with Crippen molar-refractivity contribution in [3.8, 4) is 0 Å². The summed E-state index contributed by atoms with van der Waals surface area (Å²) in [5.74, 6) is -0.110. The Morgan fingerprint density at radius 3 is 2.39 bits per heavy atom. The highest BCUT2D eigenvalue weighted by Crippen LogP contribution is 1.89. The summed E-state index contributed by atoms with van der Waals surface area (Å²) in [6.45, 7) is 6.99. The van der Waals surface area contributed by atoms with Gasteiger partial charge < -0.3 is 20.1 Å². The molecule has 0 spiro atoms. The third-order valence-electron chi connectivity index (χ3n) is 2.12. The molecule has 2 N–H and O–H groups in total. The van der Waals surface area contributed by atoms with E-state index in [0.29, 0.717) is 25.7 Å². The van der Waals surface area contributed by atoms with E-state index in [1.54, 1.807) is 14.0 Å². The number of nitrogens with one attached hydrogen (secondary N) is 2. The predicted octanol–water partition coefficient (Wildman–Crippen LogP) is -0.0737. The maximum Gasteiger partial charge on any atom is 0.246 e. The first-order chi connectivity index (χ1) is 8.47. The lowest BCUT2D eigenvalue weighted by molar-refractivity contribution is -0.131. The van der Waals surface area contributed by atoms with Gasteiger partial charge in [0, 0.05) is 13.7 Å². The predicted molar refractivity (Wildman–Crippen MR) is 68.1 cm³/mol. The molecule has 0 heterocycles. The van der Waals surface area contributed by atoms with Gasteiger partial charge in [0.2, 0.25) is 11.8 Å². The molecule has 0 aliphatic heterocycles. The molecular weight excluding hydrogens is 236 g/mol. The highest BCUT2D eigenvalue weighted by atomic mass is 16.5. The number of methoxy groups -OCH3 is 1. The zero-order chi connectivity index (χ0) is 14.0. The van der Waals surface area contributed by atoms with Gasteiger partial charge in [-0.15, -0.1) is 0 Å². The second-order valence-corrected chi connectivity index (χ2v) is 4.47. The van der Waals surface area contributed by atoms with E-state index < -0.39 is 6.04 Å². The number of hydrogen-bond donors (Lipinski definition) is 2. The van der Waals surface area contributed by atoms with Crippen molar-refractivity contribution in [2.45, 2.75) is 26.8 Å². The van der Waals surface area contributed by atoms with Gasteiger partial charge in [-0.05, 0) is 12.8 Å². The van der Waals surface area contributed by atoms with Gasteiger partial charge in [0.25, 0.3) is 0 Å². The van der Waals surface area contributed by atoms with Crippen LogP contribution in [0.25, 0.3) is 0 Å². The number of ether oxygens (including phenoxy) is 2. The van der Waals surface area contributed by atoms with E-state index in [0.717, 1.165) is 0 Å². The number of carbonyl (C=O) groups excluding carboxylic acids is 2. The van der Waals surface area contributed by atoms with Crippen molar-refractivity contribution in [2.75, 3.05) is 33.5 Å². The molecule has 0 aliphatic rings. The van der Waals surface area contributed by atoms with Gasteiger partial charge in [0.1, 0.15) is 12.6 Å². The van der Waals surface area contributed by atoms with Crippen molar-refractivity contribution in [3.05, 3.63) is 0 Å². The molecule has 6 heteroatoms. The first kappa shape index (κ1) is 16.9. The second-order valence-electron chi connectivity index (χ2n) is 4.47. The molecule has 1 unspecified atom stereocenters. The largest absolute Gasteiger partial charge is 0.382 e. The molecular formula is C12H24N2O4. The normalized spacial score (nSPS) is 12.3. The lowest BCUT2D eigenvalue weighted by atomic mass is 10.2. The van der Waals surface area contributed by atoms with Crippen LogP contribution in [0.15, 0.2) is 0 Å².